The lowest BCUT2D eigenvalue weighted by Crippen LogP contribution is -2.22. The van der Waals surface area contributed by atoms with Crippen molar-refractivity contribution in [2.24, 2.45) is 0 Å². The molecule has 3 aromatic rings. The minimum Gasteiger partial charge on any atom is -0.346 e. The molecule has 0 fully saturated rings. The molecular formula is C14H12N4OS. The van der Waals surface area contributed by atoms with Crippen molar-refractivity contribution in [1.82, 2.24) is 20.5 Å². The molecule has 3 aromatic heterocycles. The summed E-state index contributed by atoms with van der Waals surface area (Å²) in [6.07, 6.45) is 3.39. The number of aromatic amines is 1. The van der Waals surface area contributed by atoms with E-state index in [0.717, 1.165) is 16.1 Å². The number of hydrogen-bond acceptors (Lipinski definition) is 4. The number of amides is 1. The predicted molar refractivity (Wildman–Crippen MR) is 77.3 cm³/mol. The first-order chi connectivity index (χ1) is 9.83. The van der Waals surface area contributed by atoms with E-state index in [1.54, 1.807) is 29.8 Å². The summed E-state index contributed by atoms with van der Waals surface area (Å²) in [4.78, 5) is 17.1. The SMILES string of the molecule is O=C(NCc1cccs1)c1cc(-c2ccncc2)n[nH]1. The molecule has 20 heavy (non-hydrogen) atoms. The van der Waals surface area contributed by atoms with Gasteiger partial charge in [0.2, 0.25) is 0 Å². The number of carbonyl (C=O) groups is 1. The summed E-state index contributed by atoms with van der Waals surface area (Å²) in [7, 11) is 0. The van der Waals surface area contributed by atoms with E-state index in [1.807, 2.05) is 29.6 Å². The molecule has 0 spiro atoms. The van der Waals surface area contributed by atoms with Crippen molar-refractivity contribution in [3.8, 4) is 11.3 Å². The van der Waals surface area contributed by atoms with Gasteiger partial charge >= 0.3 is 0 Å². The normalized spacial score (nSPS) is 10.4. The lowest BCUT2D eigenvalue weighted by atomic mass is 10.2. The van der Waals surface area contributed by atoms with Crippen molar-refractivity contribution in [2.75, 3.05) is 0 Å². The summed E-state index contributed by atoms with van der Waals surface area (Å²) in [5, 5.41) is 11.7. The number of hydrogen-bond donors (Lipinski definition) is 2. The van der Waals surface area contributed by atoms with Gasteiger partial charge in [0.05, 0.1) is 12.2 Å². The second kappa shape index (κ2) is 5.66. The quantitative estimate of drug-likeness (QED) is 0.773. The van der Waals surface area contributed by atoms with Crippen LogP contribution in [0.3, 0.4) is 0 Å². The first kappa shape index (κ1) is 12.6. The molecule has 0 saturated heterocycles. The number of carbonyl (C=O) groups excluding carboxylic acids is 1. The molecule has 0 aromatic carbocycles. The maximum atomic E-state index is 12.0. The van der Waals surface area contributed by atoms with E-state index in [2.05, 4.69) is 20.5 Å². The Hall–Kier alpha value is -2.47. The molecule has 0 aliphatic rings. The fourth-order valence-electron chi connectivity index (χ4n) is 1.78. The minimum atomic E-state index is -0.161. The van der Waals surface area contributed by atoms with Gasteiger partial charge in [-0.2, -0.15) is 5.10 Å². The molecule has 3 heterocycles. The summed E-state index contributed by atoms with van der Waals surface area (Å²) < 4.78 is 0. The van der Waals surface area contributed by atoms with Crippen LogP contribution in [0.25, 0.3) is 11.3 Å². The number of nitrogens with one attached hydrogen (secondary N) is 2. The monoisotopic (exact) mass is 284 g/mol. The van der Waals surface area contributed by atoms with E-state index < -0.39 is 0 Å². The van der Waals surface area contributed by atoms with E-state index in [0.29, 0.717) is 12.2 Å². The van der Waals surface area contributed by atoms with E-state index >= 15 is 0 Å². The van der Waals surface area contributed by atoms with E-state index in [4.69, 9.17) is 0 Å². The van der Waals surface area contributed by atoms with Crippen LogP contribution in [0.5, 0.6) is 0 Å². The van der Waals surface area contributed by atoms with Crippen LogP contribution in [0.4, 0.5) is 0 Å². The van der Waals surface area contributed by atoms with Gasteiger partial charge in [-0.3, -0.25) is 14.9 Å². The van der Waals surface area contributed by atoms with Crippen LogP contribution >= 0.6 is 11.3 Å². The summed E-state index contributed by atoms with van der Waals surface area (Å²) in [6.45, 7) is 0.528. The van der Waals surface area contributed by atoms with E-state index in [9.17, 15) is 4.79 Å². The summed E-state index contributed by atoms with van der Waals surface area (Å²) in [5.41, 5.74) is 2.11. The van der Waals surface area contributed by atoms with Crippen LogP contribution < -0.4 is 5.32 Å². The number of aromatic nitrogens is 3. The Bertz CT molecular complexity index is 691. The van der Waals surface area contributed by atoms with Gasteiger partial charge in [-0.25, -0.2) is 0 Å². The van der Waals surface area contributed by atoms with Gasteiger partial charge in [0.15, 0.2) is 0 Å². The van der Waals surface area contributed by atoms with Crippen molar-refractivity contribution < 1.29 is 4.79 Å². The topological polar surface area (TPSA) is 70.7 Å². The number of nitrogens with zero attached hydrogens (tertiary/aromatic N) is 2. The molecule has 0 bridgehead atoms. The number of thiophene rings is 1. The van der Waals surface area contributed by atoms with E-state index in [1.165, 1.54) is 0 Å². The smallest absolute Gasteiger partial charge is 0.269 e. The van der Waals surface area contributed by atoms with Gasteiger partial charge in [-0.05, 0) is 29.6 Å². The summed E-state index contributed by atoms with van der Waals surface area (Å²) >= 11 is 1.61. The van der Waals surface area contributed by atoms with Gasteiger partial charge in [0.1, 0.15) is 5.69 Å². The zero-order valence-corrected chi connectivity index (χ0v) is 11.4. The maximum absolute atomic E-state index is 12.0. The molecular weight excluding hydrogens is 272 g/mol. The first-order valence-electron chi connectivity index (χ1n) is 6.09. The van der Waals surface area contributed by atoms with Crippen LogP contribution in [0, 0.1) is 0 Å². The second-order valence-electron chi connectivity index (χ2n) is 4.16. The van der Waals surface area contributed by atoms with Gasteiger partial charge in [0, 0.05) is 22.8 Å². The van der Waals surface area contributed by atoms with Crippen molar-refractivity contribution in [3.05, 3.63) is 58.7 Å². The molecule has 0 aliphatic heterocycles. The zero-order chi connectivity index (χ0) is 13.8. The average Bonchev–Trinajstić information content (AvgIpc) is 3.17. The van der Waals surface area contributed by atoms with E-state index in [-0.39, 0.29) is 5.91 Å². The number of H-pyrrole nitrogens is 1. The Labute approximate surface area is 119 Å². The third-order valence-electron chi connectivity index (χ3n) is 2.80. The molecule has 100 valence electrons. The molecule has 0 radical (unpaired) electrons. The molecule has 5 nitrogen and oxygen atoms in total. The number of pyridine rings is 1. The summed E-state index contributed by atoms with van der Waals surface area (Å²) in [6, 6.07) is 9.39. The Morgan fingerprint density at radius 2 is 2.15 bits per heavy atom. The van der Waals surface area contributed by atoms with Gasteiger partial charge in [0.25, 0.3) is 5.91 Å². The lowest BCUT2D eigenvalue weighted by molar-refractivity contribution is 0.0946. The Kier molecular flexibility index (Phi) is 3.56. The van der Waals surface area contributed by atoms with Gasteiger partial charge in [-0.15, -0.1) is 11.3 Å². The van der Waals surface area contributed by atoms with Gasteiger partial charge < -0.3 is 5.32 Å². The summed E-state index contributed by atoms with van der Waals surface area (Å²) in [5.74, 6) is -0.161. The molecule has 0 aliphatic carbocycles. The maximum Gasteiger partial charge on any atom is 0.269 e. The highest BCUT2D eigenvalue weighted by molar-refractivity contribution is 7.09. The predicted octanol–water partition coefficient (Wildman–Crippen LogP) is 2.46. The third-order valence-corrected chi connectivity index (χ3v) is 3.68. The fourth-order valence-corrected chi connectivity index (χ4v) is 2.43. The fraction of sp³-hybridized carbons (Fsp3) is 0.0714. The largest absolute Gasteiger partial charge is 0.346 e. The Morgan fingerprint density at radius 1 is 1.30 bits per heavy atom. The lowest BCUT2D eigenvalue weighted by Gasteiger charge is -2.00. The second-order valence-corrected chi connectivity index (χ2v) is 5.20. The highest BCUT2D eigenvalue weighted by atomic mass is 32.1. The zero-order valence-electron chi connectivity index (χ0n) is 10.5. The molecule has 2 N–H and O–H groups in total. The van der Waals surface area contributed by atoms with Crippen LogP contribution in [0.1, 0.15) is 15.4 Å². The molecule has 0 atom stereocenters. The molecule has 0 unspecified atom stereocenters. The van der Waals surface area contributed by atoms with Crippen molar-refractivity contribution >= 4 is 17.2 Å². The van der Waals surface area contributed by atoms with Crippen molar-refractivity contribution in [2.45, 2.75) is 6.54 Å². The standard InChI is InChI=1S/C14H12N4OS/c19-14(16-9-11-2-1-7-20-11)13-8-12(17-18-13)10-3-5-15-6-4-10/h1-8H,9H2,(H,16,19)(H,17,18). The third kappa shape index (κ3) is 2.75. The molecule has 3 rings (SSSR count). The van der Waals surface area contributed by atoms with Gasteiger partial charge in [-0.1, -0.05) is 6.07 Å². The Morgan fingerprint density at radius 3 is 2.90 bits per heavy atom. The highest BCUT2D eigenvalue weighted by Crippen LogP contribution is 2.16. The van der Waals surface area contributed by atoms with Crippen LogP contribution in [0.15, 0.2) is 48.1 Å². The van der Waals surface area contributed by atoms with Crippen molar-refractivity contribution in [3.63, 3.8) is 0 Å². The first-order valence-corrected chi connectivity index (χ1v) is 6.97. The molecule has 6 heteroatoms. The highest BCUT2D eigenvalue weighted by Gasteiger charge is 2.10. The van der Waals surface area contributed by atoms with Crippen LogP contribution in [-0.4, -0.2) is 21.1 Å². The number of rotatable bonds is 4. The Balaban J connectivity index is 1.69. The minimum absolute atomic E-state index is 0.161. The molecule has 0 saturated carbocycles. The molecule has 1 amide bonds. The van der Waals surface area contributed by atoms with Crippen molar-refractivity contribution in [1.29, 1.82) is 0 Å². The average molecular weight is 284 g/mol. The van der Waals surface area contributed by atoms with Crippen LogP contribution in [-0.2, 0) is 6.54 Å². The van der Waals surface area contributed by atoms with Crippen LogP contribution in [0.2, 0.25) is 0 Å².